The monoisotopic (exact) mass is 490 g/mol. The third-order valence-corrected chi connectivity index (χ3v) is 5.37. The van der Waals surface area contributed by atoms with E-state index in [4.69, 9.17) is 21.1 Å². The van der Waals surface area contributed by atoms with E-state index in [1.54, 1.807) is 26.0 Å². The largest absolute Gasteiger partial charge is 0.462 e. The highest BCUT2D eigenvalue weighted by molar-refractivity contribution is 6.30. The van der Waals surface area contributed by atoms with Crippen LogP contribution in [-0.2, 0) is 19.1 Å². The molecule has 0 saturated carbocycles. The molecule has 0 aliphatic carbocycles. The third-order valence-electron chi connectivity index (χ3n) is 5.12. The molecule has 0 saturated heterocycles. The zero-order valence-electron chi connectivity index (χ0n) is 19.2. The van der Waals surface area contributed by atoms with Crippen molar-refractivity contribution in [3.8, 4) is 16.8 Å². The number of benzene rings is 2. The number of esters is 2. The van der Waals surface area contributed by atoms with Crippen LogP contribution < -0.4 is 5.32 Å². The molecule has 0 spiro atoms. The summed E-state index contributed by atoms with van der Waals surface area (Å²) in [5.74, 6) is -1.16. The maximum absolute atomic E-state index is 12.4. The summed E-state index contributed by atoms with van der Waals surface area (Å²) in [7, 11) is 0. The van der Waals surface area contributed by atoms with Crippen molar-refractivity contribution in [3.63, 3.8) is 0 Å². The fourth-order valence-corrected chi connectivity index (χ4v) is 3.69. The molecule has 0 aliphatic heterocycles. The molecule has 0 unspecified atom stereocenters. The van der Waals surface area contributed by atoms with Crippen molar-refractivity contribution in [2.75, 3.05) is 18.5 Å². The van der Waals surface area contributed by atoms with E-state index in [1.165, 1.54) is 12.5 Å². The first-order valence-electron chi connectivity index (χ1n) is 11.0. The SMILES string of the molecule is CCOC(=O)C(=CNc1ncnc2c1c(-c1ccccc1)cn2-c1ccc(Cl)cc1)C(=O)OCC. The number of ether oxygens (including phenoxy) is 2. The molecular formula is C26H23ClN4O4. The summed E-state index contributed by atoms with van der Waals surface area (Å²) in [4.78, 5) is 33.6. The number of rotatable bonds is 8. The molecule has 0 bridgehead atoms. The summed E-state index contributed by atoms with van der Waals surface area (Å²) >= 11 is 6.08. The summed E-state index contributed by atoms with van der Waals surface area (Å²) in [6.07, 6.45) is 4.63. The molecule has 2 heterocycles. The van der Waals surface area contributed by atoms with Gasteiger partial charge in [-0.05, 0) is 43.7 Å². The van der Waals surface area contributed by atoms with Gasteiger partial charge in [-0.1, -0.05) is 41.9 Å². The Morgan fingerprint density at radius 2 is 1.63 bits per heavy atom. The van der Waals surface area contributed by atoms with Crippen molar-refractivity contribution in [2.45, 2.75) is 13.8 Å². The second kappa shape index (κ2) is 10.8. The zero-order chi connectivity index (χ0) is 24.8. The van der Waals surface area contributed by atoms with Gasteiger partial charge in [0.15, 0.2) is 11.2 Å². The lowest BCUT2D eigenvalue weighted by Crippen LogP contribution is -2.19. The van der Waals surface area contributed by atoms with Crippen molar-refractivity contribution >= 4 is 40.4 Å². The van der Waals surface area contributed by atoms with Crippen LogP contribution in [0.3, 0.4) is 0 Å². The van der Waals surface area contributed by atoms with Crippen molar-refractivity contribution in [1.82, 2.24) is 14.5 Å². The fraction of sp³-hybridized carbons (Fsp3) is 0.154. The molecule has 8 nitrogen and oxygen atoms in total. The second-order valence-corrected chi connectivity index (χ2v) is 7.76. The summed E-state index contributed by atoms with van der Waals surface area (Å²) in [6, 6.07) is 17.2. The third kappa shape index (κ3) is 5.17. The van der Waals surface area contributed by atoms with Gasteiger partial charge in [-0.2, -0.15) is 0 Å². The number of aromatic nitrogens is 3. The Hall–Kier alpha value is -4.17. The van der Waals surface area contributed by atoms with Crippen LogP contribution in [0.5, 0.6) is 0 Å². The number of carbonyl (C=O) groups excluding carboxylic acids is 2. The van der Waals surface area contributed by atoms with Crippen molar-refractivity contribution in [3.05, 3.63) is 83.9 Å². The Bertz CT molecular complexity index is 1360. The van der Waals surface area contributed by atoms with Gasteiger partial charge in [0.2, 0.25) is 0 Å². The topological polar surface area (TPSA) is 95.3 Å². The number of fused-ring (bicyclic) bond motifs is 1. The van der Waals surface area contributed by atoms with Crippen LogP contribution in [0.25, 0.3) is 27.8 Å². The van der Waals surface area contributed by atoms with Gasteiger partial charge in [0.1, 0.15) is 12.1 Å². The molecule has 2 aromatic heterocycles. The second-order valence-electron chi connectivity index (χ2n) is 7.32. The standard InChI is InChI=1S/C26H23ClN4O4/c1-3-34-25(32)20(26(33)35-4-2)14-28-23-22-21(17-8-6-5-7-9-17)15-31(24(22)30-16-29-23)19-12-10-18(27)11-13-19/h5-16H,3-4H2,1-2H3,(H,28,29,30). The van der Waals surface area contributed by atoms with Gasteiger partial charge in [0.25, 0.3) is 0 Å². The van der Waals surface area contributed by atoms with Crippen molar-refractivity contribution in [2.24, 2.45) is 0 Å². The number of nitrogens with zero attached hydrogens (tertiary/aromatic N) is 3. The van der Waals surface area contributed by atoms with Crippen molar-refractivity contribution in [1.29, 1.82) is 0 Å². The Balaban J connectivity index is 1.87. The van der Waals surface area contributed by atoms with E-state index in [0.29, 0.717) is 21.9 Å². The Morgan fingerprint density at radius 3 is 2.26 bits per heavy atom. The van der Waals surface area contributed by atoms with Gasteiger partial charge in [-0.3, -0.25) is 0 Å². The molecule has 9 heteroatoms. The molecule has 0 radical (unpaired) electrons. The number of nitrogens with one attached hydrogen (secondary N) is 1. The number of halogens is 1. The molecule has 0 fully saturated rings. The summed E-state index contributed by atoms with van der Waals surface area (Å²) in [6.45, 7) is 3.56. The smallest absolute Gasteiger partial charge is 0.347 e. The first-order valence-corrected chi connectivity index (χ1v) is 11.4. The number of anilines is 1. The Labute approximate surface area is 207 Å². The van der Waals surface area contributed by atoms with Crippen LogP contribution in [0, 0.1) is 0 Å². The summed E-state index contributed by atoms with van der Waals surface area (Å²) < 4.78 is 12.0. The van der Waals surface area contributed by atoms with E-state index in [9.17, 15) is 9.59 Å². The maximum Gasteiger partial charge on any atom is 0.347 e. The Morgan fingerprint density at radius 1 is 0.971 bits per heavy atom. The average Bonchev–Trinajstić information content (AvgIpc) is 3.26. The van der Waals surface area contributed by atoms with Crippen LogP contribution >= 0.6 is 11.6 Å². The minimum absolute atomic E-state index is 0.120. The van der Waals surface area contributed by atoms with E-state index < -0.39 is 11.9 Å². The zero-order valence-corrected chi connectivity index (χ0v) is 20.0. The molecule has 0 amide bonds. The fourth-order valence-electron chi connectivity index (χ4n) is 3.57. The minimum atomic E-state index is -0.786. The van der Waals surface area contributed by atoms with Crippen LogP contribution in [0.2, 0.25) is 5.02 Å². The quantitative estimate of drug-likeness (QED) is 0.158. The number of hydrogen-bond acceptors (Lipinski definition) is 7. The molecule has 4 aromatic rings. The first kappa shape index (κ1) is 24.0. The highest BCUT2D eigenvalue weighted by Gasteiger charge is 2.22. The van der Waals surface area contributed by atoms with Crippen LogP contribution in [0.1, 0.15) is 13.8 Å². The molecule has 178 valence electrons. The van der Waals surface area contributed by atoms with E-state index in [-0.39, 0.29) is 18.8 Å². The number of carbonyl (C=O) groups is 2. The number of hydrogen-bond donors (Lipinski definition) is 1. The molecule has 35 heavy (non-hydrogen) atoms. The van der Waals surface area contributed by atoms with Gasteiger partial charge < -0.3 is 19.4 Å². The van der Waals surface area contributed by atoms with Gasteiger partial charge in [-0.15, -0.1) is 0 Å². The molecule has 2 aromatic carbocycles. The molecule has 0 atom stereocenters. The predicted molar refractivity (Wildman–Crippen MR) is 134 cm³/mol. The van der Waals surface area contributed by atoms with Crippen LogP contribution in [0.15, 0.2) is 78.9 Å². The van der Waals surface area contributed by atoms with Crippen LogP contribution in [0.4, 0.5) is 5.82 Å². The first-order chi connectivity index (χ1) is 17.0. The highest BCUT2D eigenvalue weighted by atomic mass is 35.5. The van der Waals surface area contributed by atoms with Gasteiger partial charge in [-0.25, -0.2) is 19.6 Å². The van der Waals surface area contributed by atoms with Gasteiger partial charge in [0.05, 0.1) is 18.6 Å². The molecule has 4 rings (SSSR count). The molecule has 1 N–H and O–H groups in total. The normalized spacial score (nSPS) is 10.6. The Kier molecular flexibility index (Phi) is 7.42. The minimum Gasteiger partial charge on any atom is -0.462 e. The lowest BCUT2D eigenvalue weighted by Gasteiger charge is -2.09. The molecule has 0 aliphatic rings. The van der Waals surface area contributed by atoms with Crippen molar-refractivity contribution < 1.29 is 19.1 Å². The van der Waals surface area contributed by atoms with E-state index in [1.807, 2.05) is 53.2 Å². The van der Waals surface area contributed by atoms with E-state index in [0.717, 1.165) is 16.8 Å². The molecular weight excluding hydrogens is 468 g/mol. The van der Waals surface area contributed by atoms with E-state index >= 15 is 0 Å². The highest BCUT2D eigenvalue weighted by Crippen LogP contribution is 2.35. The predicted octanol–water partition coefficient (Wildman–Crippen LogP) is 5.16. The average molecular weight is 491 g/mol. The summed E-state index contributed by atoms with van der Waals surface area (Å²) in [5, 5.41) is 4.33. The van der Waals surface area contributed by atoms with Crippen LogP contribution in [-0.4, -0.2) is 39.7 Å². The lowest BCUT2D eigenvalue weighted by atomic mass is 10.1. The van der Waals surface area contributed by atoms with Gasteiger partial charge >= 0.3 is 11.9 Å². The van der Waals surface area contributed by atoms with Gasteiger partial charge in [0, 0.05) is 28.7 Å². The van der Waals surface area contributed by atoms with E-state index in [2.05, 4.69) is 15.3 Å². The summed E-state index contributed by atoms with van der Waals surface area (Å²) in [5.41, 5.74) is 3.04. The lowest BCUT2D eigenvalue weighted by molar-refractivity contribution is -0.146. The maximum atomic E-state index is 12.4.